The van der Waals surface area contributed by atoms with Crippen LogP contribution in [0, 0.1) is 11.6 Å². The van der Waals surface area contributed by atoms with Gasteiger partial charge in [0.2, 0.25) is 0 Å². The average molecular weight is 482 g/mol. The molecule has 0 fully saturated rings. The first kappa shape index (κ1) is 20.4. The van der Waals surface area contributed by atoms with Crippen LogP contribution in [0.2, 0.25) is 13.3 Å². The monoisotopic (exact) mass is 482 g/mol. The molecular weight excluding hydrogens is 453 g/mol. The molecule has 0 aliphatic carbocycles. The molecule has 0 aromatic heterocycles. The Labute approximate surface area is 147 Å². The number of hydrogen-bond acceptors (Lipinski definition) is 0. The summed E-state index contributed by atoms with van der Waals surface area (Å²) in [5.41, 5.74) is 0. The molecule has 0 unspecified atom stereocenters. The molecule has 126 valence electrons. The summed E-state index contributed by atoms with van der Waals surface area (Å²) in [7, 11) is 0. The maximum absolute atomic E-state index is 14.8. The van der Waals surface area contributed by atoms with Crippen LogP contribution in [-0.4, -0.2) is 18.4 Å². The van der Waals surface area contributed by atoms with Crippen LogP contribution in [0.15, 0.2) is 16.6 Å². The number of halogens is 3. The molecule has 0 nitrogen and oxygen atoms in total. The third-order valence-electron chi connectivity index (χ3n) is 4.60. The molecule has 0 saturated heterocycles. The van der Waals surface area contributed by atoms with Crippen LogP contribution in [0.5, 0.6) is 0 Å². The Morgan fingerprint density at radius 3 is 1.73 bits per heavy atom. The van der Waals surface area contributed by atoms with Crippen LogP contribution < -0.4 is 3.58 Å². The van der Waals surface area contributed by atoms with Gasteiger partial charge in [0.05, 0.1) is 0 Å². The van der Waals surface area contributed by atoms with Crippen molar-refractivity contribution in [2.45, 2.75) is 72.6 Å². The minimum atomic E-state index is -3.04. The summed E-state index contributed by atoms with van der Waals surface area (Å²) < 4.78 is 33.6. The maximum atomic E-state index is 14.8. The third-order valence-corrected chi connectivity index (χ3v) is 20.8. The number of benzene rings is 1. The summed E-state index contributed by atoms with van der Waals surface area (Å²) in [6, 6.07) is 2.96. The molecule has 4 heteroatoms. The summed E-state index contributed by atoms with van der Waals surface area (Å²) in [4.78, 5) is 0. The summed E-state index contributed by atoms with van der Waals surface area (Å²) in [5, 5.41) is 0. The van der Waals surface area contributed by atoms with Gasteiger partial charge in [-0.1, -0.05) is 0 Å². The van der Waals surface area contributed by atoms with Gasteiger partial charge in [0.1, 0.15) is 0 Å². The zero-order chi connectivity index (χ0) is 16.6. The van der Waals surface area contributed by atoms with Crippen molar-refractivity contribution in [3.05, 3.63) is 28.2 Å². The van der Waals surface area contributed by atoms with Gasteiger partial charge in [-0.2, -0.15) is 0 Å². The molecule has 1 rings (SSSR count). The van der Waals surface area contributed by atoms with E-state index in [9.17, 15) is 8.78 Å². The predicted molar refractivity (Wildman–Crippen MR) is 98.6 cm³/mol. The first-order valence-corrected chi connectivity index (χ1v) is 16.9. The van der Waals surface area contributed by atoms with Crippen molar-refractivity contribution in [3.63, 3.8) is 0 Å². The Morgan fingerprint density at radius 2 is 1.32 bits per heavy atom. The molecule has 0 heterocycles. The standard InChI is InChI=1S/C6H2BrF2.3C4H9.Sn/c7-5-2-1-4(8)3-6(5)9;3*1-3-4-2;/h1-2H;3*1,3-4H2,2H3;. The van der Waals surface area contributed by atoms with Crippen LogP contribution in [0.25, 0.3) is 0 Å². The molecule has 22 heavy (non-hydrogen) atoms. The van der Waals surface area contributed by atoms with Gasteiger partial charge in [-0.05, 0) is 0 Å². The summed E-state index contributed by atoms with van der Waals surface area (Å²) in [5.74, 6) is -0.598. The molecule has 0 amide bonds. The summed E-state index contributed by atoms with van der Waals surface area (Å²) in [6.45, 7) is 6.51. The van der Waals surface area contributed by atoms with Crippen LogP contribution in [0.4, 0.5) is 8.78 Å². The minimum absolute atomic E-state index is 0.292. The van der Waals surface area contributed by atoms with E-state index in [0.717, 1.165) is 51.8 Å². The summed E-state index contributed by atoms with van der Waals surface area (Å²) in [6.07, 6.45) is 6.63. The molecule has 0 N–H and O–H groups in total. The predicted octanol–water partition coefficient (Wildman–Crippen LogP) is 6.78. The second-order valence-corrected chi connectivity index (χ2v) is 20.2. The number of unbranched alkanes of at least 4 members (excludes halogenated alkanes) is 3. The fraction of sp³-hybridized carbons (Fsp3) is 0.667. The van der Waals surface area contributed by atoms with Crippen molar-refractivity contribution in [1.82, 2.24) is 0 Å². The number of rotatable bonds is 10. The normalized spacial score (nSPS) is 11.9. The van der Waals surface area contributed by atoms with Crippen LogP contribution in [0.1, 0.15) is 59.3 Å². The van der Waals surface area contributed by atoms with Gasteiger partial charge >= 0.3 is 148 Å². The third kappa shape index (κ3) is 5.19. The molecule has 0 atom stereocenters. The zero-order valence-corrected chi connectivity index (χ0v) is 18.6. The molecule has 1 aromatic rings. The molecule has 0 aliphatic heterocycles. The first-order valence-electron chi connectivity index (χ1n) is 8.66. The van der Waals surface area contributed by atoms with E-state index in [1.807, 2.05) is 0 Å². The van der Waals surface area contributed by atoms with Gasteiger partial charge in [-0.15, -0.1) is 0 Å². The quantitative estimate of drug-likeness (QED) is 0.255. The molecule has 1 aromatic carbocycles. The molecule has 0 bridgehead atoms. The Hall–Kier alpha value is 0.359. The Bertz CT molecular complexity index is 441. The van der Waals surface area contributed by atoms with E-state index in [0.29, 0.717) is 8.05 Å². The van der Waals surface area contributed by atoms with Gasteiger partial charge < -0.3 is 0 Å². The van der Waals surface area contributed by atoms with Crippen LogP contribution in [0.3, 0.4) is 0 Å². The van der Waals surface area contributed by atoms with E-state index >= 15 is 0 Å². The molecular formula is C18H29BrF2Sn. The van der Waals surface area contributed by atoms with Gasteiger partial charge in [-0.25, -0.2) is 0 Å². The fourth-order valence-corrected chi connectivity index (χ4v) is 20.7. The van der Waals surface area contributed by atoms with Crippen molar-refractivity contribution in [2.24, 2.45) is 0 Å². The molecule has 0 saturated carbocycles. The van der Waals surface area contributed by atoms with Gasteiger partial charge in [0.15, 0.2) is 0 Å². The Balaban J connectivity index is 3.34. The van der Waals surface area contributed by atoms with Crippen molar-refractivity contribution >= 4 is 37.9 Å². The molecule has 0 aliphatic rings. The average Bonchev–Trinajstić information content (AvgIpc) is 2.52. The zero-order valence-electron chi connectivity index (χ0n) is 14.2. The molecule has 0 radical (unpaired) electrons. The summed E-state index contributed by atoms with van der Waals surface area (Å²) >= 11 is 0.226. The van der Waals surface area contributed by atoms with E-state index in [2.05, 4.69) is 36.7 Å². The van der Waals surface area contributed by atoms with Gasteiger partial charge in [0.25, 0.3) is 0 Å². The van der Waals surface area contributed by atoms with E-state index in [-0.39, 0.29) is 11.6 Å². The van der Waals surface area contributed by atoms with E-state index in [1.165, 1.54) is 12.1 Å². The van der Waals surface area contributed by atoms with Gasteiger partial charge in [0, 0.05) is 0 Å². The topological polar surface area (TPSA) is 0 Å². The van der Waals surface area contributed by atoms with E-state index < -0.39 is 18.4 Å². The first-order chi connectivity index (χ1) is 10.5. The van der Waals surface area contributed by atoms with Crippen LogP contribution in [-0.2, 0) is 0 Å². The SMILES string of the molecule is CCC[CH2][Sn]([CH2]CCC)([CH2]CCC)[c]1c(F)ccc(Br)c1F. The van der Waals surface area contributed by atoms with Crippen molar-refractivity contribution < 1.29 is 8.78 Å². The number of hydrogen-bond donors (Lipinski definition) is 0. The van der Waals surface area contributed by atoms with E-state index in [4.69, 9.17) is 0 Å². The van der Waals surface area contributed by atoms with Crippen molar-refractivity contribution in [1.29, 1.82) is 0 Å². The molecule has 0 spiro atoms. The van der Waals surface area contributed by atoms with Gasteiger partial charge in [-0.3, -0.25) is 0 Å². The fourth-order valence-electron chi connectivity index (χ4n) is 3.31. The van der Waals surface area contributed by atoms with Crippen molar-refractivity contribution in [3.8, 4) is 0 Å². The second-order valence-electron chi connectivity index (χ2n) is 6.31. The van der Waals surface area contributed by atoms with E-state index in [1.54, 1.807) is 0 Å². The van der Waals surface area contributed by atoms with Crippen LogP contribution >= 0.6 is 15.9 Å². The Morgan fingerprint density at radius 1 is 0.864 bits per heavy atom. The van der Waals surface area contributed by atoms with Crippen molar-refractivity contribution in [2.75, 3.05) is 0 Å². The second kappa shape index (κ2) is 10.3. The Kier molecular flexibility index (Phi) is 9.53.